The number of fused-ring (bicyclic) bond motifs is 3. The molecular formula is C28H27ClF3N3O. The van der Waals surface area contributed by atoms with Crippen molar-refractivity contribution in [3.05, 3.63) is 94.5 Å². The molecule has 2 unspecified atom stereocenters. The van der Waals surface area contributed by atoms with Gasteiger partial charge in [-0.25, -0.2) is 0 Å². The Kier molecular flexibility index (Phi) is 6.84. The minimum absolute atomic E-state index is 0.134. The molecule has 0 saturated carbocycles. The topological polar surface area (TPSA) is 35.6 Å². The number of carbonyl (C=O) groups excluding carboxylic acids is 1. The van der Waals surface area contributed by atoms with Gasteiger partial charge in [0.05, 0.1) is 28.2 Å². The number of hydrogen-bond acceptors (Lipinski definition) is 3. The number of alkyl halides is 3. The van der Waals surface area contributed by atoms with Crippen molar-refractivity contribution in [1.29, 1.82) is 0 Å². The normalized spacial score (nSPS) is 19.4. The van der Waals surface area contributed by atoms with Crippen LogP contribution in [0.5, 0.6) is 0 Å². The van der Waals surface area contributed by atoms with Crippen LogP contribution in [0.1, 0.15) is 16.7 Å². The maximum Gasteiger partial charge on any atom is 0.416 e. The number of halogens is 4. The second-order valence-electron chi connectivity index (χ2n) is 9.34. The molecule has 2 atom stereocenters. The summed E-state index contributed by atoms with van der Waals surface area (Å²) >= 11 is 6.46. The predicted molar refractivity (Wildman–Crippen MR) is 137 cm³/mol. The quantitative estimate of drug-likeness (QED) is 0.483. The highest BCUT2D eigenvalue weighted by atomic mass is 35.5. The van der Waals surface area contributed by atoms with Gasteiger partial charge in [0.2, 0.25) is 5.91 Å². The van der Waals surface area contributed by atoms with Crippen molar-refractivity contribution in [2.45, 2.75) is 25.1 Å². The maximum atomic E-state index is 13.4. The molecule has 2 heterocycles. The summed E-state index contributed by atoms with van der Waals surface area (Å²) in [6.45, 7) is 2.27. The van der Waals surface area contributed by atoms with Crippen LogP contribution in [0.25, 0.3) is 0 Å². The Labute approximate surface area is 213 Å². The van der Waals surface area contributed by atoms with Crippen molar-refractivity contribution in [3.8, 4) is 0 Å². The molecule has 5 rings (SSSR count). The molecule has 0 radical (unpaired) electrons. The number of para-hydroxylation sites is 1. The fourth-order valence-electron chi connectivity index (χ4n) is 5.33. The van der Waals surface area contributed by atoms with Crippen LogP contribution in [0, 0.1) is 5.92 Å². The molecule has 3 aromatic carbocycles. The van der Waals surface area contributed by atoms with Gasteiger partial charge >= 0.3 is 6.18 Å². The van der Waals surface area contributed by atoms with Gasteiger partial charge in [0.25, 0.3) is 0 Å². The first-order valence-electron chi connectivity index (χ1n) is 12.1. The summed E-state index contributed by atoms with van der Waals surface area (Å²) in [5, 5.41) is 3.68. The van der Waals surface area contributed by atoms with E-state index in [0.29, 0.717) is 43.2 Å². The minimum atomic E-state index is -4.43. The van der Waals surface area contributed by atoms with E-state index in [9.17, 15) is 18.0 Å². The van der Waals surface area contributed by atoms with Crippen LogP contribution in [0.3, 0.4) is 0 Å². The molecule has 2 aliphatic heterocycles. The van der Waals surface area contributed by atoms with Gasteiger partial charge in [-0.3, -0.25) is 4.79 Å². The summed E-state index contributed by atoms with van der Waals surface area (Å²) in [5.74, 6) is -0.618. The van der Waals surface area contributed by atoms with Crippen molar-refractivity contribution >= 4 is 28.9 Å². The van der Waals surface area contributed by atoms with Crippen LogP contribution in [-0.4, -0.2) is 38.1 Å². The molecule has 188 valence electrons. The van der Waals surface area contributed by atoms with Crippen LogP contribution >= 0.6 is 11.6 Å². The second kappa shape index (κ2) is 10.1. The summed E-state index contributed by atoms with van der Waals surface area (Å²) in [7, 11) is 0. The average Bonchev–Trinajstić information content (AvgIpc) is 2.88. The Hall–Kier alpha value is -3.19. The van der Waals surface area contributed by atoms with Gasteiger partial charge in [-0.2, -0.15) is 13.2 Å². The van der Waals surface area contributed by atoms with Gasteiger partial charge in [0.1, 0.15) is 0 Å². The molecule has 36 heavy (non-hydrogen) atoms. The van der Waals surface area contributed by atoms with E-state index < -0.39 is 17.7 Å². The van der Waals surface area contributed by atoms with Gasteiger partial charge in [-0.1, -0.05) is 54.1 Å². The van der Waals surface area contributed by atoms with E-state index in [1.165, 1.54) is 6.07 Å². The van der Waals surface area contributed by atoms with E-state index in [1.54, 1.807) is 6.07 Å². The fourth-order valence-corrected chi connectivity index (χ4v) is 5.59. The third kappa shape index (κ3) is 5.03. The second-order valence-corrected chi connectivity index (χ2v) is 9.74. The number of piperazine rings is 1. The monoisotopic (exact) mass is 513 g/mol. The molecule has 1 N–H and O–H groups in total. The highest BCUT2D eigenvalue weighted by Gasteiger charge is 2.43. The standard InChI is InChI=1S/C28H27ClF3N3O/c29-23-8-4-5-9-25(23)34-14-15-35-24-11-10-21(28(30,31)32)16-20(24)17-22(26(35)18-34)27(36)33-13-12-19-6-2-1-3-7-19/h1-11,16,22,26H,12-15,17-18H2,(H,33,36). The van der Waals surface area contributed by atoms with Crippen LogP contribution < -0.4 is 15.1 Å². The van der Waals surface area contributed by atoms with E-state index in [4.69, 9.17) is 11.6 Å². The van der Waals surface area contributed by atoms with E-state index in [1.807, 2.05) is 54.6 Å². The molecule has 4 nitrogen and oxygen atoms in total. The first-order chi connectivity index (χ1) is 17.3. The third-order valence-corrected chi connectivity index (χ3v) is 7.44. The van der Waals surface area contributed by atoms with Crippen LogP contribution in [0.2, 0.25) is 5.02 Å². The summed E-state index contributed by atoms with van der Waals surface area (Å²) in [6, 6.07) is 21.2. The zero-order valence-electron chi connectivity index (χ0n) is 19.6. The van der Waals surface area contributed by atoms with Gasteiger partial charge < -0.3 is 15.1 Å². The van der Waals surface area contributed by atoms with Gasteiger partial charge in [-0.15, -0.1) is 0 Å². The first kappa shape index (κ1) is 24.5. The molecule has 1 fully saturated rings. The van der Waals surface area contributed by atoms with Crippen LogP contribution in [0.4, 0.5) is 24.5 Å². The van der Waals surface area contributed by atoms with E-state index >= 15 is 0 Å². The first-order valence-corrected chi connectivity index (χ1v) is 12.5. The van der Waals surface area contributed by atoms with E-state index in [-0.39, 0.29) is 18.4 Å². The average molecular weight is 514 g/mol. The lowest BCUT2D eigenvalue weighted by atomic mass is 9.82. The van der Waals surface area contributed by atoms with Crippen molar-refractivity contribution in [2.24, 2.45) is 5.92 Å². The molecule has 8 heteroatoms. The maximum absolute atomic E-state index is 13.4. The van der Waals surface area contributed by atoms with Gasteiger partial charge in [-0.05, 0) is 54.3 Å². The number of rotatable bonds is 5. The Bertz CT molecular complexity index is 1230. The molecule has 1 saturated heterocycles. The Morgan fingerprint density at radius 3 is 2.47 bits per heavy atom. The summed E-state index contributed by atoms with van der Waals surface area (Å²) in [5.41, 5.74) is 2.68. The van der Waals surface area contributed by atoms with Crippen LogP contribution in [0.15, 0.2) is 72.8 Å². The largest absolute Gasteiger partial charge is 0.416 e. The SMILES string of the molecule is O=C(NCCc1ccccc1)C1Cc2cc(C(F)(F)F)ccc2N2CCN(c3ccccc3Cl)CC12. The molecular weight excluding hydrogens is 487 g/mol. The number of carbonyl (C=O) groups is 1. The van der Waals surface area contributed by atoms with Gasteiger partial charge in [0, 0.05) is 31.9 Å². The zero-order valence-corrected chi connectivity index (χ0v) is 20.4. The molecule has 0 bridgehead atoms. The molecule has 0 aromatic heterocycles. The van der Waals surface area contributed by atoms with Crippen LogP contribution in [-0.2, 0) is 23.8 Å². The molecule has 2 aliphatic rings. The summed E-state index contributed by atoms with van der Waals surface area (Å²) in [4.78, 5) is 17.7. The minimum Gasteiger partial charge on any atom is -0.366 e. The molecule has 1 amide bonds. The van der Waals surface area contributed by atoms with Crippen molar-refractivity contribution in [3.63, 3.8) is 0 Å². The number of benzene rings is 3. The van der Waals surface area contributed by atoms with Crippen molar-refractivity contribution < 1.29 is 18.0 Å². The lowest BCUT2D eigenvalue weighted by Crippen LogP contribution is -2.61. The van der Waals surface area contributed by atoms with Gasteiger partial charge in [0.15, 0.2) is 0 Å². The molecule has 0 aliphatic carbocycles. The Morgan fingerprint density at radius 2 is 1.72 bits per heavy atom. The number of hydrogen-bond donors (Lipinski definition) is 1. The fraction of sp³-hybridized carbons (Fsp3) is 0.321. The number of anilines is 2. The Balaban J connectivity index is 1.41. The zero-order chi connectivity index (χ0) is 25.3. The molecule has 0 spiro atoms. The summed E-state index contributed by atoms with van der Waals surface area (Å²) in [6.07, 6.45) is -3.48. The lowest BCUT2D eigenvalue weighted by Gasteiger charge is -2.50. The highest BCUT2D eigenvalue weighted by Crippen LogP contribution is 2.40. The lowest BCUT2D eigenvalue weighted by molar-refractivity contribution is -0.137. The number of amides is 1. The number of nitrogens with one attached hydrogen (secondary N) is 1. The number of nitrogens with zero attached hydrogens (tertiary/aromatic N) is 2. The highest BCUT2D eigenvalue weighted by molar-refractivity contribution is 6.33. The summed E-state index contributed by atoms with van der Waals surface area (Å²) < 4.78 is 40.3. The third-order valence-electron chi connectivity index (χ3n) is 7.12. The van der Waals surface area contributed by atoms with E-state index in [0.717, 1.165) is 23.0 Å². The van der Waals surface area contributed by atoms with E-state index in [2.05, 4.69) is 15.1 Å². The molecule has 3 aromatic rings. The Morgan fingerprint density at radius 1 is 0.972 bits per heavy atom. The predicted octanol–water partition coefficient (Wildman–Crippen LogP) is 5.59. The van der Waals surface area contributed by atoms with Crippen molar-refractivity contribution in [1.82, 2.24) is 5.32 Å². The van der Waals surface area contributed by atoms with Crippen molar-refractivity contribution in [2.75, 3.05) is 36.0 Å². The smallest absolute Gasteiger partial charge is 0.366 e.